The molecule has 140 valence electrons. The predicted molar refractivity (Wildman–Crippen MR) is 103 cm³/mol. The molecule has 0 fully saturated rings. The molecule has 2 aromatic rings. The molecule has 3 rings (SSSR count). The Bertz CT molecular complexity index is 813. The summed E-state index contributed by atoms with van der Waals surface area (Å²) in [5.41, 5.74) is 1.73. The maximum absolute atomic E-state index is 12.9. The number of nitrogens with one attached hydrogen (secondary N) is 1. The van der Waals surface area contributed by atoms with Crippen molar-refractivity contribution < 1.29 is 14.4 Å². The van der Waals surface area contributed by atoms with Crippen molar-refractivity contribution in [2.75, 3.05) is 0 Å². The Morgan fingerprint density at radius 2 is 1.52 bits per heavy atom. The summed E-state index contributed by atoms with van der Waals surface area (Å²) in [6, 6.07) is 15.4. The predicted octanol–water partition coefficient (Wildman–Crippen LogP) is 3.72. The monoisotopic (exact) mass is 364 g/mol. The van der Waals surface area contributed by atoms with Gasteiger partial charge >= 0.3 is 0 Å². The number of nitrogens with zero attached hydrogens (tertiary/aromatic N) is 1. The number of hydrogen-bond donors (Lipinski definition) is 1. The third-order valence-electron chi connectivity index (χ3n) is 4.96. The highest BCUT2D eigenvalue weighted by Gasteiger charge is 2.40. The first-order valence-corrected chi connectivity index (χ1v) is 9.36. The molecule has 3 amide bonds. The summed E-state index contributed by atoms with van der Waals surface area (Å²) in [6.45, 7) is 3.70. The second-order valence-electron chi connectivity index (χ2n) is 6.82. The molecule has 0 aliphatic carbocycles. The molecular formula is C22H24N2O3. The van der Waals surface area contributed by atoms with Crippen molar-refractivity contribution in [2.24, 2.45) is 0 Å². The Morgan fingerprint density at radius 1 is 0.963 bits per heavy atom. The standard InChI is InChI=1S/C22H24N2O3/c1-3-4-14-19(16-10-6-5-7-11-16)23-20(25)15(2)24-21(26)17-12-8-9-13-18(17)22(24)27/h5-13,15,19H,3-4,14H2,1-2H3,(H,23,25)/t15-,19-/m0/s1. The summed E-state index contributed by atoms with van der Waals surface area (Å²) in [4.78, 5) is 39.1. The van der Waals surface area contributed by atoms with Gasteiger partial charge in [0.2, 0.25) is 5.91 Å². The summed E-state index contributed by atoms with van der Waals surface area (Å²) >= 11 is 0. The zero-order valence-electron chi connectivity index (χ0n) is 15.6. The van der Waals surface area contributed by atoms with Gasteiger partial charge in [0.05, 0.1) is 17.2 Å². The van der Waals surface area contributed by atoms with Gasteiger partial charge in [0.1, 0.15) is 6.04 Å². The van der Waals surface area contributed by atoms with Crippen molar-refractivity contribution in [3.8, 4) is 0 Å². The molecule has 0 bridgehead atoms. The van der Waals surface area contributed by atoms with E-state index < -0.39 is 17.9 Å². The maximum atomic E-state index is 12.9. The minimum Gasteiger partial charge on any atom is -0.348 e. The molecule has 1 aliphatic heterocycles. The Labute approximate surface area is 159 Å². The number of carbonyl (C=O) groups is 3. The number of imide groups is 1. The van der Waals surface area contributed by atoms with E-state index in [2.05, 4.69) is 12.2 Å². The molecule has 0 aromatic heterocycles. The number of amides is 3. The van der Waals surface area contributed by atoms with Crippen LogP contribution in [0.1, 0.15) is 65.4 Å². The van der Waals surface area contributed by atoms with Crippen molar-refractivity contribution in [2.45, 2.75) is 45.2 Å². The Hall–Kier alpha value is -2.95. The van der Waals surface area contributed by atoms with Crippen LogP contribution < -0.4 is 5.32 Å². The van der Waals surface area contributed by atoms with E-state index in [1.807, 2.05) is 30.3 Å². The van der Waals surface area contributed by atoms with Crippen LogP contribution in [-0.4, -0.2) is 28.7 Å². The highest BCUT2D eigenvalue weighted by Crippen LogP contribution is 2.25. The Balaban J connectivity index is 1.76. The first-order chi connectivity index (χ1) is 13.0. The van der Waals surface area contributed by atoms with Crippen molar-refractivity contribution in [3.63, 3.8) is 0 Å². The van der Waals surface area contributed by atoms with Crippen LogP contribution in [0, 0.1) is 0 Å². The van der Waals surface area contributed by atoms with Gasteiger partial charge in [-0.15, -0.1) is 0 Å². The van der Waals surface area contributed by atoms with Gasteiger partial charge in [-0.3, -0.25) is 19.3 Å². The van der Waals surface area contributed by atoms with Gasteiger partial charge in [-0.1, -0.05) is 62.2 Å². The average Bonchev–Trinajstić information content (AvgIpc) is 2.96. The molecule has 0 unspecified atom stereocenters. The summed E-state index contributed by atoms with van der Waals surface area (Å²) in [7, 11) is 0. The van der Waals surface area contributed by atoms with Gasteiger partial charge in [-0.2, -0.15) is 0 Å². The molecule has 5 heteroatoms. The Kier molecular flexibility index (Phi) is 5.69. The lowest BCUT2D eigenvalue weighted by atomic mass is 10.0. The molecule has 5 nitrogen and oxygen atoms in total. The number of fused-ring (bicyclic) bond motifs is 1. The lowest BCUT2D eigenvalue weighted by Gasteiger charge is -2.25. The van der Waals surface area contributed by atoms with Crippen LogP contribution in [0.15, 0.2) is 54.6 Å². The lowest BCUT2D eigenvalue weighted by molar-refractivity contribution is -0.125. The number of unbranched alkanes of at least 4 members (excludes halogenated alkanes) is 1. The van der Waals surface area contributed by atoms with Gasteiger partial charge in [0.15, 0.2) is 0 Å². The van der Waals surface area contributed by atoms with Crippen LogP contribution >= 0.6 is 0 Å². The van der Waals surface area contributed by atoms with Crippen molar-refractivity contribution in [1.82, 2.24) is 10.2 Å². The molecule has 2 atom stereocenters. The van der Waals surface area contributed by atoms with Crippen LogP contribution in [0.3, 0.4) is 0 Å². The van der Waals surface area contributed by atoms with E-state index in [9.17, 15) is 14.4 Å². The van der Waals surface area contributed by atoms with E-state index in [-0.39, 0.29) is 11.9 Å². The van der Waals surface area contributed by atoms with E-state index in [1.54, 1.807) is 31.2 Å². The van der Waals surface area contributed by atoms with Gasteiger partial charge in [-0.05, 0) is 31.0 Å². The SMILES string of the molecule is CCCC[C@H](NC(=O)[C@H](C)N1C(=O)c2ccccc2C1=O)c1ccccc1. The van der Waals surface area contributed by atoms with Crippen LogP contribution in [0.2, 0.25) is 0 Å². The van der Waals surface area contributed by atoms with Crippen LogP contribution in [-0.2, 0) is 4.79 Å². The summed E-state index contributed by atoms with van der Waals surface area (Å²) in [5, 5.41) is 3.03. The topological polar surface area (TPSA) is 66.5 Å². The molecule has 2 aromatic carbocycles. The van der Waals surface area contributed by atoms with Gasteiger partial charge < -0.3 is 5.32 Å². The zero-order valence-corrected chi connectivity index (χ0v) is 15.6. The first-order valence-electron chi connectivity index (χ1n) is 9.36. The fourth-order valence-corrected chi connectivity index (χ4v) is 3.38. The molecule has 0 radical (unpaired) electrons. The van der Waals surface area contributed by atoms with E-state index in [0.717, 1.165) is 29.7 Å². The van der Waals surface area contributed by atoms with Gasteiger partial charge in [0, 0.05) is 0 Å². The number of hydrogen-bond acceptors (Lipinski definition) is 3. The second-order valence-corrected chi connectivity index (χ2v) is 6.82. The highest BCUT2D eigenvalue weighted by atomic mass is 16.2. The summed E-state index contributed by atoms with van der Waals surface area (Å²) in [6.07, 6.45) is 2.80. The minimum atomic E-state index is -0.870. The fraction of sp³-hybridized carbons (Fsp3) is 0.318. The van der Waals surface area contributed by atoms with Crippen LogP contribution in [0.4, 0.5) is 0 Å². The molecule has 1 heterocycles. The third-order valence-corrected chi connectivity index (χ3v) is 4.96. The van der Waals surface area contributed by atoms with E-state index in [4.69, 9.17) is 0 Å². The summed E-state index contributed by atoms with van der Waals surface area (Å²) < 4.78 is 0. The largest absolute Gasteiger partial charge is 0.348 e. The highest BCUT2D eigenvalue weighted by molar-refractivity contribution is 6.22. The molecule has 1 aliphatic rings. The van der Waals surface area contributed by atoms with E-state index in [1.165, 1.54) is 0 Å². The van der Waals surface area contributed by atoms with Crippen molar-refractivity contribution in [3.05, 3.63) is 71.3 Å². The molecule has 1 N–H and O–H groups in total. The van der Waals surface area contributed by atoms with Crippen LogP contribution in [0.5, 0.6) is 0 Å². The molecular weight excluding hydrogens is 340 g/mol. The second kappa shape index (κ2) is 8.16. The molecule has 27 heavy (non-hydrogen) atoms. The average molecular weight is 364 g/mol. The number of carbonyl (C=O) groups excluding carboxylic acids is 3. The maximum Gasteiger partial charge on any atom is 0.262 e. The fourth-order valence-electron chi connectivity index (χ4n) is 3.38. The lowest BCUT2D eigenvalue weighted by Crippen LogP contribution is -2.48. The summed E-state index contributed by atoms with van der Waals surface area (Å²) in [5.74, 6) is -1.15. The molecule has 0 saturated heterocycles. The van der Waals surface area contributed by atoms with Crippen molar-refractivity contribution in [1.29, 1.82) is 0 Å². The zero-order chi connectivity index (χ0) is 19.4. The van der Waals surface area contributed by atoms with Crippen molar-refractivity contribution >= 4 is 17.7 Å². The number of benzene rings is 2. The first kappa shape index (κ1) is 18.8. The van der Waals surface area contributed by atoms with Gasteiger partial charge in [-0.25, -0.2) is 0 Å². The van der Waals surface area contributed by atoms with Crippen LogP contribution in [0.25, 0.3) is 0 Å². The normalized spacial score (nSPS) is 15.4. The van der Waals surface area contributed by atoms with E-state index >= 15 is 0 Å². The number of rotatable bonds is 7. The van der Waals surface area contributed by atoms with Gasteiger partial charge in [0.25, 0.3) is 11.8 Å². The smallest absolute Gasteiger partial charge is 0.262 e. The molecule has 0 saturated carbocycles. The van der Waals surface area contributed by atoms with E-state index in [0.29, 0.717) is 11.1 Å². The third kappa shape index (κ3) is 3.77. The Morgan fingerprint density at radius 3 is 2.07 bits per heavy atom. The minimum absolute atomic E-state index is 0.142. The molecule has 0 spiro atoms. The quantitative estimate of drug-likeness (QED) is 0.762.